The summed E-state index contributed by atoms with van der Waals surface area (Å²) >= 11 is 25.7. The molecule has 0 spiro atoms. The molecular formula is C42H48Br2Cl3N9O2. The molecule has 0 unspecified atom stereocenters. The zero-order valence-corrected chi connectivity index (χ0v) is 38.2. The van der Waals surface area contributed by atoms with Crippen LogP contribution in [0.25, 0.3) is 33.8 Å². The molecule has 5 heterocycles. The number of hydrogen-bond donors (Lipinski definition) is 2. The molecule has 1 amide bonds. The maximum atomic E-state index is 12.3. The Balaban J connectivity index is 0.000000181. The monoisotopic (exact) mass is 973 g/mol. The lowest BCUT2D eigenvalue weighted by molar-refractivity contribution is 0.0188. The summed E-state index contributed by atoms with van der Waals surface area (Å²) in [4.78, 5) is 23.4. The second-order valence-corrected chi connectivity index (χ2v) is 18.3. The molecule has 3 N–H and O–H groups in total. The van der Waals surface area contributed by atoms with Gasteiger partial charge in [-0.1, -0.05) is 90.5 Å². The number of nitrogens with two attached hydrogens (primary N) is 1. The van der Waals surface area contributed by atoms with Gasteiger partial charge in [-0.2, -0.15) is 14.7 Å². The highest BCUT2D eigenvalue weighted by molar-refractivity contribution is 9.11. The van der Waals surface area contributed by atoms with Gasteiger partial charge >= 0.3 is 6.09 Å². The molecule has 2 aromatic carbocycles. The van der Waals surface area contributed by atoms with E-state index in [-0.39, 0.29) is 6.09 Å². The molecule has 58 heavy (non-hydrogen) atoms. The van der Waals surface area contributed by atoms with Crippen LogP contribution in [0, 0.1) is 11.8 Å². The van der Waals surface area contributed by atoms with Crippen molar-refractivity contribution in [3.05, 3.63) is 97.2 Å². The number of fused-ring (bicyclic) bond motifs is 2. The van der Waals surface area contributed by atoms with Crippen molar-refractivity contribution in [3.8, 4) is 22.5 Å². The second-order valence-electron chi connectivity index (χ2n) is 15.4. The quantitative estimate of drug-likeness (QED) is 0.158. The molecule has 308 valence electrons. The van der Waals surface area contributed by atoms with Crippen LogP contribution < -0.4 is 11.1 Å². The molecule has 2 aliphatic rings. The van der Waals surface area contributed by atoms with E-state index < -0.39 is 5.60 Å². The molecular weight excluding hydrogens is 929 g/mol. The van der Waals surface area contributed by atoms with Crippen LogP contribution in [-0.4, -0.2) is 72.0 Å². The highest BCUT2D eigenvalue weighted by Crippen LogP contribution is 2.32. The van der Waals surface area contributed by atoms with Crippen LogP contribution in [0.5, 0.6) is 0 Å². The Kier molecular flexibility index (Phi) is 15.4. The smallest absolute Gasteiger partial charge is 0.410 e. The van der Waals surface area contributed by atoms with E-state index in [2.05, 4.69) is 52.4 Å². The Bertz CT molecular complexity index is 2320. The Morgan fingerprint density at radius 3 is 1.86 bits per heavy atom. The molecule has 2 fully saturated rings. The predicted molar refractivity (Wildman–Crippen MR) is 242 cm³/mol. The van der Waals surface area contributed by atoms with Gasteiger partial charge in [0.1, 0.15) is 16.6 Å². The van der Waals surface area contributed by atoms with E-state index >= 15 is 0 Å². The maximum Gasteiger partial charge on any atom is 0.410 e. The summed E-state index contributed by atoms with van der Waals surface area (Å²) < 4.78 is 10.5. The summed E-state index contributed by atoms with van der Waals surface area (Å²) in [5.41, 5.74) is 9.64. The van der Waals surface area contributed by atoms with E-state index in [9.17, 15) is 4.79 Å². The van der Waals surface area contributed by atoms with Gasteiger partial charge in [0, 0.05) is 52.9 Å². The molecule has 1 aliphatic carbocycles. The molecule has 0 atom stereocenters. The number of nitrogens with one attached hydrogen (secondary N) is 1. The van der Waals surface area contributed by atoms with Crippen molar-refractivity contribution in [2.45, 2.75) is 71.3 Å². The number of piperidine rings is 1. The maximum absolute atomic E-state index is 12.3. The van der Waals surface area contributed by atoms with Crippen LogP contribution in [0.15, 0.2) is 82.0 Å². The number of halogens is 5. The molecule has 4 aromatic heterocycles. The van der Waals surface area contributed by atoms with Crippen molar-refractivity contribution in [2.75, 3.05) is 31.5 Å². The van der Waals surface area contributed by atoms with Crippen molar-refractivity contribution in [1.29, 1.82) is 0 Å². The number of benzene rings is 2. The van der Waals surface area contributed by atoms with Crippen molar-refractivity contribution < 1.29 is 9.53 Å². The van der Waals surface area contributed by atoms with Crippen molar-refractivity contribution in [2.24, 2.45) is 17.6 Å². The Labute approximate surface area is 371 Å². The number of likely N-dealkylation sites (tertiary alicyclic amines) is 1. The van der Waals surface area contributed by atoms with Gasteiger partial charge in [0.25, 0.3) is 0 Å². The summed E-state index contributed by atoms with van der Waals surface area (Å²) in [5.74, 6) is 2.16. The fourth-order valence-electron chi connectivity index (χ4n) is 6.89. The first kappa shape index (κ1) is 44.1. The number of amides is 1. The van der Waals surface area contributed by atoms with Crippen LogP contribution in [0.2, 0.25) is 15.2 Å². The minimum Gasteiger partial charge on any atom is -0.444 e. The van der Waals surface area contributed by atoms with E-state index in [4.69, 9.17) is 50.3 Å². The van der Waals surface area contributed by atoms with E-state index in [1.54, 1.807) is 32.4 Å². The van der Waals surface area contributed by atoms with Crippen molar-refractivity contribution >= 4 is 89.9 Å². The number of rotatable bonds is 6. The van der Waals surface area contributed by atoms with Gasteiger partial charge in [-0.3, -0.25) is 0 Å². The number of carbonyl (C=O) groups excluding carboxylic acids is 1. The van der Waals surface area contributed by atoms with Gasteiger partial charge < -0.3 is 20.7 Å². The van der Waals surface area contributed by atoms with Gasteiger partial charge in [0.05, 0.1) is 32.7 Å². The van der Waals surface area contributed by atoms with Gasteiger partial charge in [-0.15, -0.1) is 0 Å². The number of aromatic nitrogens is 6. The molecule has 0 radical (unpaired) electrons. The third-order valence-electron chi connectivity index (χ3n) is 10.0. The van der Waals surface area contributed by atoms with E-state index in [1.807, 2.05) is 75.4 Å². The number of ether oxygens (including phenoxy) is 1. The normalized spacial score (nSPS) is 15.1. The summed E-state index contributed by atoms with van der Waals surface area (Å²) in [6.45, 7) is 8.77. The second kappa shape index (κ2) is 20.2. The van der Waals surface area contributed by atoms with Gasteiger partial charge in [-0.25, -0.2) is 19.3 Å². The average molecular weight is 977 g/mol. The van der Waals surface area contributed by atoms with Crippen LogP contribution >= 0.6 is 66.7 Å². The lowest BCUT2D eigenvalue weighted by Gasteiger charge is -2.33. The molecule has 1 saturated carbocycles. The van der Waals surface area contributed by atoms with E-state index in [0.29, 0.717) is 39.9 Å². The largest absolute Gasteiger partial charge is 0.444 e. The van der Waals surface area contributed by atoms with Crippen LogP contribution in [0.3, 0.4) is 0 Å². The fraction of sp³-hybridized carbons (Fsp3) is 0.405. The zero-order chi connectivity index (χ0) is 41.4. The Morgan fingerprint density at radius 2 is 1.33 bits per heavy atom. The first-order valence-corrected chi connectivity index (χ1v) is 22.2. The Hall–Kier alpha value is -3.46. The van der Waals surface area contributed by atoms with Crippen molar-refractivity contribution in [3.63, 3.8) is 0 Å². The third-order valence-corrected chi connectivity index (χ3v) is 12.1. The summed E-state index contributed by atoms with van der Waals surface area (Å²) in [6, 6.07) is 18.9. The first-order valence-electron chi connectivity index (χ1n) is 19.5. The highest BCUT2D eigenvalue weighted by Gasteiger charge is 2.27. The molecule has 1 saturated heterocycles. The molecule has 8 rings (SSSR count). The number of anilines is 1. The summed E-state index contributed by atoms with van der Waals surface area (Å²) in [5, 5.41) is 13.9. The topological polar surface area (TPSA) is 128 Å². The summed E-state index contributed by atoms with van der Waals surface area (Å²) in [6.07, 6.45) is 12.0. The number of nitrogens with zero attached hydrogens (tertiary/aromatic N) is 7. The van der Waals surface area contributed by atoms with Gasteiger partial charge in [0.2, 0.25) is 0 Å². The zero-order valence-electron chi connectivity index (χ0n) is 32.8. The molecule has 16 heteroatoms. The number of hydrogen-bond acceptors (Lipinski definition) is 8. The number of carbonyl (C=O) groups is 1. The molecule has 1 aliphatic heterocycles. The minimum absolute atomic E-state index is 0.231. The molecule has 11 nitrogen and oxygen atoms in total. The van der Waals surface area contributed by atoms with Crippen molar-refractivity contribution in [1.82, 2.24) is 34.1 Å². The van der Waals surface area contributed by atoms with Crippen LogP contribution in [0.4, 0.5) is 10.6 Å². The standard InChI is InChI=1S/C23H27BrClN5O2.C12H6BrCl2N3.C7H15N/c1-23(2,3)32-22(31)29-10-8-15(9-11-29)13-26-20-12-19(16-6-4-5-7-18(16)25)28-21-17(24)14-27-30(20)21;13-8-6-16-18-11(15)5-10(17-12(8)18)7-3-1-2-4-9(7)14;8-6-7-4-2-1-3-5-7/h4-7,12,14-15,26H,8-11,13H2,1-3H3;1-6H;7H,1-6,8H2. The minimum atomic E-state index is -0.473. The average Bonchev–Trinajstić information content (AvgIpc) is 3.79. The lowest BCUT2D eigenvalue weighted by Crippen LogP contribution is -2.42. The predicted octanol–water partition coefficient (Wildman–Crippen LogP) is 11.9. The summed E-state index contributed by atoms with van der Waals surface area (Å²) in [7, 11) is 0. The van der Waals surface area contributed by atoms with Gasteiger partial charge in [0.15, 0.2) is 11.3 Å². The van der Waals surface area contributed by atoms with Crippen LogP contribution in [-0.2, 0) is 4.74 Å². The highest BCUT2D eigenvalue weighted by atomic mass is 79.9. The lowest BCUT2D eigenvalue weighted by atomic mass is 9.90. The fourth-order valence-corrected chi connectivity index (χ4v) is 8.28. The van der Waals surface area contributed by atoms with Gasteiger partial charge in [-0.05, 0) is 109 Å². The SMILES string of the molecule is CC(C)(C)OC(=O)N1CCC(CNc2cc(-c3ccccc3Cl)nc3c(Br)cnn23)CC1.Clc1ccccc1-c1cc(Cl)n2ncc(Br)c2n1.NCC1CCCCC1. The molecule has 6 aromatic rings. The van der Waals surface area contributed by atoms with Crippen LogP contribution in [0.1, 0.15) is 65.7 Å². The Morgan fingerprint density at radius 1 is 0.793 bits per heavy atom. The molecule has 0 bridgehead atoms. The van der Waals surface area contributed by atoms with E-state index in [1.165, 1.54) is 32.1 Å². The van der Waals surface area contributed by atoms with E-state index in [0.717, 1.165) is 74.8 Å². The first-order chi connectivity index (χ1) is 27.8. The third kappa shape index (κ3) is 11.4.